The Labute approximate surface area is 98.4 Å². The fourth-order valence-electron chi connectivity index (χ4n) is 0.717. The molecule has 0 aromatic heterocycles. The van der Waals surface area contributed by atoms with E-state index < -0.39 is 36.6 Å². The molecule has 1 atom stereocenters. The summed E-state index contributed by atoms with van der Waals surface area (Å²) < 4.78 is 80.9. The summed E-state index contributed by atoms with van der Waals surface area (Å²) >= 11 is 0. The second-order valence-electron chi connectivity index (χ2n) is 3.07. The van der Waals surface area contributed by atoms with Gasteiger partial charge in [0.2, 0.25) is 0 Å². The van der Waals surface area contributed by atoms with Crippen LogP contribution in [0.1, 0.15) is 6.92 Å². The molecular formula is C9H10F6O3. The van der Waals surface area contributed by atoms with Crippen molar-refractivity contribution in [2.75, 3.05) is 13.2 Å². The monoisotopic (exact) mass is 280 g/mol. The lowest BCUT2D eigenvalue weighted by molar-refractivity contribution is -0.354. The predicted molar refractivity (Wildman–Crippen MR) is 47.6 cm³/mol. The van der Waals surface area contributed by atoms with Gasteiger partial charge >= 0.3 is 24.4 Å². The maximum atomic E-state index is 13.0. The van der Waals surface area contributed by atoms with Gasteiger partial charge in [-0.05, 0) is 6.92 Å². The smallest absolute Gasteiger partial charge is 0.411 e. The van der Waals surface area contributed by atoms with Gasteiger partial charge in [0.1, 0.15) is 0 Å². The van der Waals surface area contributed by atoms with E-state index in [9.17, 15) is 31.1 Å². The molecule has 0 saturated carbocycles. The topological polar surface area (TPSA) is 35.5 Å². The first-order valence-corrected chi connectivity index (χ1v) is 4.58. The molecule has 1 unspecified atom stereocenters. The van der Waals surface area contributed by atoms with Crippen LogP contribution in [0.5, 0.6) is 0 Å². The summed E-state index contributed by atoms with van der Waals surface area (Å²) in [6.45, 7) is 4.00. The van der Waals surface area contributed by atoms with Crippen molar-refractivity contribution in [2.45, 2.75) is 25.4 Å². The van der Waals surface area contributed by atoms with Crippen LogP contribution in [-0.4, -0.2) is 37.6 Å². The third kappa shape index (κ3) is 3.90. The van der Waals surface area contributed by atoms with Crippen molar-refractivity contribution in [1.29, 1.82) is 0 Å². The van der Waals surface area contributed by atoms with E-state index >= 15 is 0 Å². The van der Waals surface area contributed by atoms with Crippen molar-refractivity contribution in [3.8, 4) is 0 Å². The Balaban J connectivity index is 4.82. The molecule has 3 nitrogen and oxygen atoms in total. The Bertz CT molecular complexity index is 314. The second-order valence-corrected chi connectivity index (χ2v) is 3.07. The number of ether oxygens (including phenoxy) is 2. The zero-order chi connectivity index (χ0) is 14.6. The lowest BCUT2D eigenvalue weighted by Crippen LogP contribution is -2.51. The molecule has 18 heavy (non-hydrogen) atoms. The minimum atomic E-state index is -6.05. The number of hydrogen-bond acceptors (Lipinski definition) is 3. The molecule has 106 valence electrons. The molecule has 0 spiro atoms. The summed E-state index contributed by atoms with van der Waals surface area (Å²) in [6.07, 6.45) is -10.6. The van der Waals surface area contributed by atoms with Crippen LogP contribution >= 0.6 is 0 Å². The van der Waals surface area contributed by atoms with Crippen molar-refractivity contribution in [3.63, 3.8) is 0 Å². The third-order valence-corrected chi connectivity index (χ3v) is 1.68. The molecule has 0 aliphatic carbocycles. The van der Waals surface area contributed by atoms with Gasteiger partial charge in [-0.1, -0.05) is 6.58 Å². The fraction of sp³-hybridized carbons (Fsp3) is 0.667. The summed E-state index contributed by atoms with van der Waals surface area (Å²) in [5.74, 6) is -7.30. The van der Waals surface area contributed by atoms with E-state index in [0.29, 0.717) is 0 Å². The molecule has 0 N–H and O–H groups in total. The number of carbonyl (C=O) groups is 1. The van der Waals surface area contributed by atoms with Gasteiger partial charge in [-0.15, -0.1) is 0 Å². The van der Waals surface area contributed by atoms with Crippen LogP contribution in [0, 0.1) is 0 Å². The van der Waals surface area contributed by atoms with E-state index in [4.69, 9.17) is 0 Å². The Hall–Kier alpha value is -1.25. The quantitative estimate of drug-likeness (QED) is 0.426. The SMILES string of the molecule is C=C(COCC)C(=O)OC(F)(C(F)F)C(F)(F)F. The Morgan fingerprint density at radius 2 is 1.78 bits per heavy atom. The molecule has 0 radical (unpaired) electrons. The molecule has 0 amide bonds. The Morgan fingerprint density at radius 3 is 2.11 bits per heavy atom. The first-order chi connectivity index (χ1) is 8.06. The van der Waals surface area contributed by atoms with Crippen LogP contribution < -0.4 is 0 Å². The summed E-state index contributed by atoms with van der Waals surface area (Å²) in [5.41, 5.74) is -0.705. The highest BCUT2D eigenvalue weighted by Gasteiger charge is 2.66. The van der Waals surface area contributed by atoms with Crippen LogP contribution in [0.3, 0.4) is 0 Å². The van der Waals surface area contributed by atoms with Gasteiger partial charge in [0, 0.05) is 6.61 Å². The number of alkyl halides is 6. The molecule has 0 bridgehead atoms. The molecule has 0 aliphatic heterocycles. The minimum absolute atomic E-state index is 0.0984. The maximum Gasteiger partial charge on any atom is 0.466 e. The van der Waals surface area contributed by atoms with Crippen LogP contribution in [-0.2, 0) is 14.3 Å². The summed E-state index contributed by atoms with van der Waals surface area (Å²) in [4.78, 5) is 10.9. The summed E-state index contributed by atoms with van der Waals surface area (Å²) in [5, 5.41) is 0. The molecule has 0 aliphatic rings. The highest BCUT2D eigenvalue weighted by molar-refractivity contribution is 5.88. The maximum absolute atomic E-state index is 13.0. The summed E-state index contributed by atoms with van der Waals surface area (Å²) in [7, 11) is 0. The molecule has 0 rings (SSSR count). The normalized spacial score (nSPS) is 15.3. The molecule has 9 heteroatoms. The third-order valence-electron chi connectivity index (χ3n) is 1.68. The van der Waals surface area contributed by atoms with Gasteiger partial charge in [0.05, 0.1) is 12.2 Å². The predicted octanol–water partition coefficient (Wildman–Crippen LogP) is 2.62. The van der Waals surface area contributed by atoms with Gasteiger partial charge in [-0.2, -0.15) is 17.6 Å². The average Bonchev–Trinajstić information content (AvgIpc) is 2.23. The molecule has 0 saturated heterocycles. The van der Waals surface area contributed by atoms with Crippen LogP contribution in [0.4, 0.5) is 26.3 Å². The highest BCUT2D eigenvalue weighted by atomic mass is 19.4. The molecule has 0 fully saturated rings. The minimum Gasteiger partial charge on any atom is -0.411 e. The number of hydrogen-bond donors (Lipinski definition) is 0. The number of esters is 1. The summed E-state index contributed by atoms with van der Waals surface area (Å²) in [6, 6.07) is 0. The first kappa shape index (κ1) is 16.8. The van der Waals surface area contributed by atoms with Crippen molar-refractivity contribution in [2.24, 2.45) is 0 Å². The largest absolute Gasteiger partial charge is 0.466 e. The van der Waals surface area contributed by atoms with Crippen molar-refractivity contribution in [3.05, 3.63) is 12.2 Å². The van der Waals surface area contributed by atoms with Crippen LogP contribution in [0.25, 0.3) is 0 Å². The molecule has 0 heterocycles. The zero-order valence-electron chi connectivity index (χ0n) is 9.19. The number of carbonyl (C=O) groups excluding carboxylic acids is 1. The van der Waals surface area contributed by atoms with E-state index in [1.54, 1.807) is 0 Å². The second kappa shape index (κ2) is 6.07. The first-order valence-electron chi connectivity index (χ1n) is 4.58. The zero-order valence-corrected chi connectivity index (χ0v) is 9.19. The molecular weight excluding hydrogens is 270 g/mol. The molecule has 0 aromatic carbocycles. The fourth-order valence-corrected chi connectivity index (χ4v) is 0.717. The van der Waals surface area contributed by atoms with E-state index in [0.717, 1.165) is 0 Å². The van der Waals surface area contributed by atoms with E-state index in [-0.39, 0.29) is 6.61 Å². The van der Waals surface area contributed by atoms with E-state index in [1.807, 2.05) is 0 Å². The van der Waals surface area contributed by atoms with Crippen molar-refractivity contribution >= 4 is 5.97 Å². The van der Waals surface area contributed by atoms with Crippen LogP contribution in [0.15, 0.2) is 12.2 Å². The van der Waals surface area contributed by atoms with E-state index in [1.165, 1.54) is 6.92 Å². The Kier molecular flexibility index (Phi) is 5.65. The standard InChI is InChI=1S/C9H10F6O3/c1-3-17-4-5(2)6(16)18-8(12,7(10)11)9(13,14)15/h7H,2-4H2,1H3. The van der Waals surface area contributed by atoms with Crippen molar-refractivity contribution in [1.82, 2.24) is 0 Å². The van der Waals surface area contributed by atoms with Gasteiger partial charge in [-0.25, -0.2) is 13.6 Å². The van der Waals surface area contributed by atoms with Gasteiger partial charge in [0.15, 0.2) is 0 Å². The van der Waals surface area contributed by atoms with Gasteiger partial charge < -0.3 is 9.47 Å². The lowest BCUT2D eigenvalue weighted by atomic mass is 10.3. The molecule has 0 aromatic rings. The number of rotatable bonds is 6. The number of halogens is 6. The highest BCUT2D eigenvalue weighted by Crippen LogP contribution is 2.40. The van der Waals surface area contributed by atoms with Crippen LogP contribution in [0.2, 0.25) is 0 Å². The van der Waals surface area contributed by atoms with Crippen molar-refractivity contribution < 1.29 is 40.6 Å². The van der Waals surface area contributed by atoms with Gasteiger partial charge in [-0.3, -0.25) is 0 Å². The lowest BCUT2D eigenvalue weighted by Gasteiger charge is -2.26. The Morgan fingerprint density at radius 1 is 1.28 bits per heavy atom. The average molecular weight is 280 g/mol. The van der Waals surface area contributed by atoms with Gasteiger partial charge in [0.25, 0.3) is 0 Å². The van der Waals surface area contributed by atoms with E-state index in [2.05, 4.69) is 16.1 Å².